The van der Waals surface area contributed by atoms with Gasteiger partial charge < -0.3 is 13.9 Å². The number of carbonyl (C=O) groups is 1. The van der Waals surface area contributed by atoms with Crippen molar-refractivity contribution in [3.05, 3.63) is 70.1 Å². The highest BCUT2D eigenvalue weighted by molar-refractivity contribution is 5.69. The number of nitro groups is 1. The molecular formula is C21H21N3O6. The van der Waals surface area contributed by atoms with Gasteiger partial charge in [0.15, 0.2) is 6.10 Å². The summed E-state index contributed by atoms with van der Waals surface area (Å²) in [5.74, 6) is 0.703. The molecule has 0 aliphatic rings. The summed E-state index contributed by atoms with van der Waals surface area (Å²) in [6, 6.07) is 13.4. The Morgan fingerprint density at radius 1 is 1.20 bits per heavy atom. The van der Waals surface area contributed by atoms with Gasteiger partial charge in [-0.25, -0.2) is 0 Å². The number of nitro benzene ring substituents is 1. The van der Waals surface area contributed by atoms with E-state index in [0.717, 1.165) is 11.3 Å². The van der Waals surface area contributed by atoms with Gasteiger partial charge >= 0.3 is 5.97 Å². The highest BCUT2D eigenvalue weighted by atomic mass is 16.6. The molecule has 0 fully saturated rings. The Morgan fingerprint density at radius 2 is 1.97 bits per heavy atom. The lowest BCUT2D eigenvalue weighted by Crippen LogP contribution is -2.10. The van der Waals surface area contributed by atoms with E-state index in [4.69, 9.17) is 13.9 Å². The Kier molecular flexibility index (Phi) is 6.74. The summed E-state index contributed by atoms with van der Waals surface area (Å²) in [6.07, 6.45) is -0.00820. The van der Waals surface area contributed by atoms with Gasteiger partial charge in [0.05, 0.1) is 11.5 Å². The fourth-order valence-corrected chi connectivity index (χ4v) is 2.66. The molecular weight excluding hydrogens is 390 g/mol. The number of hydrogen-bond donors (Lipinski definition) is 0. The number of rotatable bonds is 9. The fraction of sp³-hybridized carbons (Fsp3) is 0.286. The van der Waals surface area contributed by atoms with Crippen molar-refractivity contribution in [2.75, 3.05) is 6.61 Å². The van der Waals surface area contributed by atoms with Crippen LogP contribution in [-0.4, -0.2) is 27.7 Å². The van der Waals surface area contributed by atoms with Gasteiger partial charge in [-0.05, 0) is 50.1 Å². The van der Waals surface area contributed by atoms with Crippen LogP contribution in [0.4, 0.5) is 5.69 Å². The molecule has 0 bridgehead atoms. The number of esters is 1. The van der Waals surface area contributed by atoms with Crippen LogP contribution in [0.2, 0.25) is 0 Å². The third kappa shape index (κ3) is 5.63. The van der Waals surface area contributed by atoms with Gasteiger partial charge in [0, 0.05) is 24.1 Å². The first-order valence-electron chi connectivity index (χ1n) is 9.39. The van der Waals surface area contributed by atoms with Crippen molar-refractivity contribution >= 4 is 11.7 Å². The second kappa shape index (κ2) is 9.64. The van der Waals surface area contributed by atoms with Gasteiger partial charge in [-0.1, -0.05) is 12.1 Å². The summed E-state index contributed by atoms with van der Waals surface area (Å²) in [5.41, 5.74) is 1.60. The highest BCUT2D eigenvalue weighted by Gasteiger charge is 2.19. The van der Waals surface area contributed by atoms with Crippen LogP contribution in [0.3, 0.4) is 0 Å². The predicted octanol–water partition coefficient (Wildman–Crippen LogP) is 4.42. The lowest BCUT2D eigenvalue weighted by Gasteiger charge is -2.10. The number of aryl methyl sites for hydroxylation is 1. The summed E-state index contributed by atoms with van der Waals surface area (Å²) < 4.78 is 16.5. The molecule has 30 heavy (non-hydrogen) atoms. The molecule has 1 atom stereocenters. The second-order valence-corrected chi connectivity index (χ2v) is 6.65. The van der Waals surface area contributed by atoms with E-state index >= 15 is 0 Å². The van der Waals surface area contributed by atoms with Crippen molar-refractivity contribution < 1.29 is 23.6 Å². The SMILES string of the molecule is Cc1cccc(OCCCC(=O)O[C@@H](C)c2nnc(-c3ccc([N+](=O)[O-])cc3)o2)c1. The average Bonchev–Trinajstić information content (AvgIpc) is 3.22. The van der Waals surface area contributed by atoms with Crippen LogP contribution in [0.5, 0.6) is 5.75 Å². The first-order chi connectivity index (χ1) is 14.4. The van der Waals surface area contributed by atoms with Crippen LogP contribution < -0.4 is 4.74 Å². The predicted molar refractivity (Wildman–Crippen MR) is 107 cm³/mol. The molecule has 0 unspecified atom stereocenters. The Bertz CT molecular complexity index is 1020. The maximum Gasteiger partial charge on any atom is 0.306 e. The molecule has 1 heterocycles. The minimum absolute atomic E-state index is 0.0350. The average molecular weight is 411 g/mol. The summed E-state index contributed by atoms with van der Waals surface area (Å²) in [7, 11) is 0. The molecule has 0 amide bonds. The normalized spacial score (nSPS) is 11.7. The Balaban J connectivity index is 1.46. The van der Waals surface area contributed by atoms with E-state index in [1.807, 2.05) is 31.2 Å². The molecule has 0 aliphatic carbocycles. The molecule has 9 heteroatoms. The van der Waals surface area contributed by atoms with Crippen molar-refractivity contribution in [1.82, 2.24) is 10.2 Å². The standard InChI is InChI=1S/C21H21N3O6/c1-14-5-3-6-18(13-14)28-12-4-7-19(25)29-15(2)20-22-23-21(30-20)16-8-10-17(11-9-16)24(26)27/h3,5-6,8-11,13,15H,4,7,12H2,1-2H3/t15-/m0/s1. The minimum atomic E-state index is -0.713. The van der Waals surface area contributed by atoms with Gasteiger partial charge in [0.25, 0.3) is 11.6 Å². The quantitative estimate of drug-likeness (QED) is 0.220. The van der Waals surface area contributed by atoms with Crippen molar-refractivity contribution in [3.8, 4) is 17.2 Å². The molecule has 156 valence electrons. The first kappa shape index (κ1) is 21.0. The number of hydrogen-bond acceptors (Lipinski definition) is 8. The zero-order chi connectivity index (χ0) is 21.5. The van der Waals surface area contributed by atoms with Crippen LogP contribution in [0.1, 0.15) is 37.3 Å². The Hall–Kier alpha value is -3.75. The van der Waals surface area contributed by atoms with Crippen LogP contribution in [0.15, 0.2) is 52.9 Å². The summed E-state index contributed by atoms with van der Waals surface area (Å²) in [5, 5.41) is 18.5. The van der Waals surface area contributed by atoms with E-state index in [1.165, 1.54) is 24.3 Å². The molecule has 0 saturated heterocycles. The lowest BCUT2D eigenvalue weighted by atomic mass is 10.2. The molecule has 0 saturated carbocycles. The number of benzene rings is 2. The lowest BCUT2D eigenvalue weighted by molar-refractivity contribution is -0.384. The second-order valence-electron chi connectivity index (χ2n) is 6.65. The number of non-ortho nitro benzene ring substituents is 1. The third-order valence-electron chi connectivity index (χ3n) is 4.21. The molecule has 0 radical (unpaired) electrons. The number of aromatic nitrogens is 2. The highest BCUT2D eigenvalue weighted by Crippen LogP contribution is 2.24. The Labute approximate surface area is 172 Å². The van der Waals surface area contributed by atoms with Gasteiger partial charge in [-0.2, -0.15) is 0 Å². The van der Waals surface area contributed by atoms with E-state index in [2.05, 4.69) is 10.2 Å². The monoisotopic (exact) mass is 411 g/mol. The van der Waals surface area contributed by atoms with Crippen LogP contribution in [0, 0.1) is 17.0 Å². The van der Waals surface area contributed by atoms with Crippen molar-refractivity contribution in [2.24, 2.45) is 0 Å². The zero-order valence-electron chi connectivity index (χ0n) is 16.6. The summed E-state index contributed by atoms with van der Waals surface area (Å²) in [4.78, 5) is 22.3. The maximum absolute atomic E-state index is 12.0. The van der Waals surface area contributed by atoms with Crippen molar-refractivity contribution in [1.29, 1.82) is 0 Å². The van der Waals surface area contributed by atoms with E-state index < -0.39 is 17.0 Å². The van der Waals surface area contributed by atoms with E-state index in [0.29, 0.717) is 18.6 Å². The van der Waals surface area contributed by atoms with E-state index in [9.17, 15) is 14.9 Å². The minimum Gasteiger partial charge on any atom is -0.494 e. The van der Waals surface area contributed by atoms with Gasteiger partial charge in [0.2, 0.25) is 5.89 Å². The van der Waals surface area contributed by atoms with E-state index in [1.54, 1.807) is 6.92 Å². The first-order valence-corrected chi connectivity index (χ1v) is 9.39. The third-order valence-corrected chi connectivity index (χ3v) is 4.21. The van der Waals surface area contributed by atoms with Gasteiger partial charge in [-0.15, -0.1) is 10.2 Å². The maximum atomic E-state index is 12.0. The Morgan fingerprint density at radius 3 is 2.67 bits per heavy atom. The van der Waals surface area contributed by atoms with Crippen molar-refractivity contribution in [2.45, 2.75) is 32.8 Å². The summed E-state index contributed by atoms with van der Waals surface area (Å²) >= 11 is 0. The molecule has 0 N–H and O–H groups in total. The number of carbonyl (C=O) groups excluding carboxylic acids is 1. The molecule has 2 aromatic carbocycles. The smallest absolute Gasteiger partial charge is 0.306 e. The molecule has 9 nitrogen and oxygen atoms in total. The van der Waals surface area contributed by atoms with Crippen LogP contribution in [-0.2, 0) is 9.53 Å². The molecule has 0 spiro atoms. The number of ether oxygens (including phenoxy) is 2. The van der Waals surface area contributed by atoms with E-state index in [-0.39, 0.29) is 23.9 Å². The molecule has 3 rings (SSSR count). The zero-order valence-corrected chi connectivity index (χ0v) is 16.6. The van der Waals surface area contributed by atoms with Gasteiger partial charge in [-0.3, -0.25) is 14.9 Å². The van der Waals surface area contributed by atoms with Crippen LogP contribution >= 0.6 is 0 Å². The van der Waals surface area contributed by atoms with Gasteiger partial charge in [0.1, 0.15) is 5.75 Å². The van der Waals surface area contributed by atoms with Crippen molar-refractivity contribution in [3.63, 3.8) is 0 Å². The molecule has 1 aromatic heterocycles. The van der Waals surface area contributed by atoms with Crippen LogP contribution in [0.25, 0.3) is 11.5 Å². The molecule has 0 aliphatic heterocycles. The fourth-order valence-electron chi connectivity index (χ4n) is 2.66. The largest absolute Gasteiger partial charge is 0.494 e. The number of nitrogens with zero attached hydrogens (tertiary/aromatic N) is 3. The topological polar surface area (TPSA) is 118 Å². The summed E-state index contributed by atoms with van der Waals surface area (Å²) in [6.45, 7) is 4.02. The molecule has 3 aromatic rings.